The molecule has 0 aliphatic carbocycles. The third kappa shape index (κ3) is 1.46. The van der Waals surface area contributed by atoms with Gasteiger partial charge in [-0.2, -0.15) is 0 Å². The zero-order chi connectivity index (χ0) is 11.0. The van der Waals surface area contributed by atoms with E-state index >= 15 is 0 Å². The molecule has 1 aliphatic heterocycles. The van der Waals surface area contributed by atoms with E-state index < -0.39 is 0 Å². The molecule has 0 saturated heterocycles. The van der Waals surface area contributed by atoms with Crippen LogP contribution in [0.2, 0.25) is 0 Å². The van der Waals surface area contributed by atoms with Crippen LogP contribution in [0, 0.1) is 0 Å². The zero-order valence-corrected chi connectivity index (χ0v) is 8.51. The van der Waals surface area contributed by atoms with Gasteiger partial charge in [0.25, 0.3) is 0 Å². The van der Waals surface area contributed by atoms with Crippen LogP contribution in [0.4, 0.5) is 5.95 Å². The molecule has 1 aromatic heterocycles. The van der Waals surface area contributed by atoms with Gasteiger partial charge in [0.1, 0.15) is 6.61 Å². The highest BCUT2D eigenvalue weighted by molar-refractivity contribution is 5.41. The lowest BCUT2D eigenvalue weighted by Gasteiger charge is -2.25. The number of anilines is 1. The van der Waals surface area contributed by atoms with E-state index in [-0.39, 0.29) is 6.10 Å². The summed E-state index contributed by atoms with van der Waals surface area (Å²) in [5.74, 6) is 1.90. The summed E-state index contributed by atoms with van der Waals surface area (Å²) in [7, 11) is 0. The molecule has 0 spiro atoms. The van der Waals surface area contributed by atoms with Crippen molar-refractivity contribution in [3.8, 4) is 11.5 Å². The molecular weight excluding hydrogens is 206 g/mol. The average molecular weight is 217 g/mol. The summed E-state index contributed by atoms with van der Waals surface area (Å²) in [5, 5.41) is 0. The maximum atomic E-state index is 5.78. The molecule has 2 aromatic rings. The van der Waals surface area contributed by atoms with Crippen LogP contribution >= 0.6 is 0 Å². The summed E-state index contributed by atoms with van der Waals surface area (Å²) < 4.78 is 11.4. The number of hydrogen-bond donors (Lipinski definition) is 2. The third-order valence-corrected chi connectivity index (χ3v) is 2.47. The fraction of sp³-hybridized carbons (Fsp3) is 0.182. The van der Waals surface area contributed by atoms with E-state index in [1.54, 1.807) is 6.20 Å². The molecule has 1 atom stereocenters. The van der Waals surface area contributed by atoms with Crippen molar-refractivity contribution in [1.82, 2.24) is 9.97 Å². The number of nitrogens with zero attached hydrogens (tertiary/aromatic N) is 1. The minimum Gasteiger partial charge on any atom is -0.485 e. The summed E-state index contributed by atoms with van der Waals surface area (Å²) in [6.07, 6.45) is 1.48. The molecule has 3 N–H and O–H groups in total. The van der Waals surface area contributed by atoms with Gasteiger partial charge in [0.2, 0.25) is 0 Å². The van der Waals surface area contributed by atoms with Gasteiger partial charge in [-0.15, -0.1) is 0 Å². The van der Waals surface area contributed by atoms with E-state index in [1.165, 1.54) is 0 Å². The van der Waals surface area contributed by atoms with Gasteiger partial charge >= 0.3 is 0 Å². The van der Waals surface area contributed by atoms with Crippen LogP contribution in [0.3, 0.4) is 0 Å². The highest BCUT2D eigenvalue weighted by Gasteiger charge is 2.23. The predicted molar refractivity (Wildman–Crippen MR) is 58.3 cm³/mol. The minimum absolute atomic E-state index is 0.181. The largest absolute Gasteiger partial charge is 0.485 e. The van der Waals surface area contributed by atoms with Crippen molar-refractivity contribution in [2.75, 3.05) is 12.3 Å². The monoisotopic (exact) mass is 217 g/mol. The van der Waals surface area contributed by atoms with Gasteiger partial charge in [0.15, 0.2) is 23.6 Å². The van der Waals surface area contributed by atoms with E-state index in [9.17, 15) is 0 Å². The molecular formula is C11H11N3O2. The molecule has 0 radical (unpaired) electrons. The van der Waals surface area contributed by atoms with Crippen LogP contribution < -0.4 is 15.2 Å². The number of ether oxygens (including phenoxy) is 2. The number of para-hydroxylation sites is 2. The number of benzene rings is 1. The smallest absolute Gasteiger partial charge is 0.197 e. The number of rotatable bonds is 1. The number of imidazole rings is 1. The van der Waals surface area contributed by atoms with Gasteiger partial charge in [-0.25, -0.2) is 4.98 Å². The Kier molecular flexibility index (Phi) is 1.96. The molecule has 3 rings (SSSR count). The topological polar surface area (TPSA) is 73.2 Å². The second-order valence-electron chi connectivity index (χ2n) is 3.59. The molecule has 1 aromatic carbocycles. The lowest BCUT2D eigenvalue weighted by atomic mass is 10.2. The first-order valence-electron chi connectivity index (χ1n) is 5.02. The number of fused-ring (bicyclic) bond motifs is 1. The lowest BCUT2D eigenvalue weighted by molar-refractivity contribution is 0.0887. The Labute approximate surface area is 92.2 Å². The number of hydrogen-bond acceptors (Lipinski definition) is 4. The van der Waals surface area contributed by atoms with Crippen LogP contribution in [-0.2, 0) is 0 Å². The van der Waals surface area contributed by atoms with Crippen molar-refractivity contribution in [1.29, 1.82) is 0 Å². The zero-order valence-electron chi connectivity index (χ0n) is 8.51. The third-order valence-electron chi connectivity index (χ3n) is 2.47. The predicted octanol–water partition coefficient (Wildman–Crippen LogP) is 1.50. The van der Waals surface area contributed by atoms with Crippen molar-refractivity contribution in [2.24, 2.45) is 0 Å². The second kappa shape index (κ2) is 3.44. The van der Waals surface area contributed by atoms with Crippen LogP contribution in [0.15, 0.2) is 30.5 Å². The fourth-order valence-corrected chi connectivity index (χ4v) is 1.69. The molecule has 16 heavy (non-hydrogen) atoms. The fourth-order valence-electron chi connectivity index (χ4n) is 1.69. The number of H-pyrrole nitrogens is 1. The van der Waals surface area contributed by atoms with Crippen molar-refractivity contribution < 1.29 is 9.47 Å². The second-order valence-corrected chi connectivity index (χ2v) is 3.59. The maximum Gasteiger partial charge on any atom is 0.197 e. The number of aromatic amines is 1. The van der Waals surface area contributed by atoms with Crippen molar-refractivity contribution >= 4 is 5.95 Å². The molecule has 0 bridgehead atoms. The molecule has 5 nitrogen and oxygen atoms in total. The first-order valence-corrected chi connectivity index (χ1v) is 5.02. The number of aromatic nitrogens is 2. The van der Waals surface area contributed by atoms with Gasteiger partial charge in [-0.1, -0.05) is 12.1 Å². The van der Waals surface area contributed by atoms with Gasteiger partial charge in [0, 0.05) is 0 Å². The Morgan fingerprint density at radius 1 is 1.31 bits per heavy atom. The molecule has 1 unspecified atom stereocenters. The Bertz CT molecular complexity index is 509. The average Bonchev–Trinajstić information content (AvgIpc) is 2.75. The summed E-state index contributed by atoms with van der Waals surface area (Å²) in [6, 6.07) is 7.58. The number of nitrogen functional groups attached to an aromatic ring is 1. The molecule has 5 heteroatoms. The van der Waals surface area contributed by atoms with Gasteiger partial charge in [-0.3, -0.25) is 0 Å². The normalized spacial score (nSPS) is 18.4. The Morgan fingerprint density at radius 3 is 2.88 bits per heavy atom. The van der Waals surface area contributed by atoms with E-state index in [4.69, 9.17) is 15.2 Å². The van der Waals surface area contributed by atoms with Crippen LogP contribution in [0.5, 0.6) is 11.5 Å². The standard InChI is InChI=1S/C11H11N3O2/c12-11-13-5-7(14-11)10-6-15-8-3-1-2-4-9(8)16-10/h1-5,10H,6H2,(H3,12,13,14). The maximum absolute atomic E-state index is 5.78. The summed E-state index contributed by atoms with van der Waals surface area (Å²) in [6.45, 7) is 0.457. The van der Waals surface area contributed by atoms with E-state index in [2.05, 4.69) is 9.97 Å². The first kappa shape index (κ1) is 9.08. The van der Waals surface area contributed by atoms with E-state index in [0.717, 1.165) is 17.2 Å². The Morgan fingerprint density at radius 2 is 2.12 bits per heavy atom. The van der Waals surface area contributed by atoms with Crippen molar-refractivity contribution in [2.45, 2.75) is 6.10 Å². The minimum atomic E-state index is -0.181. The molecule has 0 amide bonds. The molecule has 82 valence electrons. The van der Waals surface area contributed by atoms with Crippen LogP contribution in [0.1, 0.15) is 11.8 Å². The van der Waals surface area contributed by atoms with Crippen LogP contribution in [-0.4, -0.2) is 16.6 Å². The highest BCUT2D eigenvalue weighted by atomic mass is 16.6. The van der Waals surface area contributed by atoms with Crippen molar-refractivity contribution in [3.63, 3.8) is 0 Å². The van der Waals surface area contributed by atoms with E-state index in [1.807, 2.05) is 24.3 Å². The SMILES string of the molecule is Nc1ncc(C2COc3ccccc3O2)[nH]1. The highest BCUT2D eigenvalue weighted by Crippen LogP contribution is 2.35. The quantitative estimate of drug-likeness (QED) is 0.759. The summed E-state index contributed by atoms with van der Waals surface area (Å²) in [5.41, 5.74) is 6.34. The molecule has 0 saturated carbocycles. The van der Waals surface area contributed by atoms with Crippen molar-refractivity contribution in [3.05, 3.63) is 36.2 Å². The van der Waals surface area contributed by atoms with Gasteiger partial charge in [0.05, 0.1) is 11.9 Å². The Balaban J connectivity index is 1.88. The molecule has 2 heterocycles. The number of nitrogens with one attached hydrogen (secondary N) is 1. The Hall–Kier alpha value is -2.17. The molecule has 1 aliphatic rings. The van der Waals surface area contributed by atoms with E-state index in [0.29, 0.717) is 12.6 Å². The lowest BCUT2D eigenvalue weighted by Crippen LogP contribution is -2.21. The van der Waals surface area contributed by atoms with Gasteiger partial charge < -0.3 is 20.2 Å². The first-order chi connectivity index (χ1) is 7.83. The summed E-state index contributed by atoms with van der Waals surface area (Å²) in [4.78, 5) is 6.87. The van der Waals surface area contributed by atoms with Gasteiger partial charge in [-0.05, 0) is 12.1 Å². The number of nitrogens with two attached hydrogens (primary N) is 1. The summed E-state index contributed by atoms with van der Waals surface area (Å²) >= 11 is 0. The molecule has 0 fully saturated rings. The van der Waals surface area contributed by atoms with Crippen LogP contribution in [0.25, 0.3) is 0 Å².